The van der Waals surface area contributed by atoms with Gasteiger partial charge in [-0.15, -0.1) is 0 Å². The Labute approximate surface area is 113 Å². The van der Waals surface area contributed by atoms with Crippen LogP contribution in [0, 0.1) is 0 Å². The maximum Gasteiger partial charge on any atom is 0.222 e. The molecule has 1 aromatic heterocycles. The first kappa shape index (κ1) is 13.3. The summed E-state index contributed by atoms with van der Waals surface area (Å²) in [6.45, 7) is 2.16. The highest BCUT2D eigenvalue weighted by atomic mass is 15.0. The Hall–Kier alpha value is -2.10. The fourth-order valence-corrected chi connectivity index (χ4v) is 2.11. The zero-order chi connectivity index (χ0) is 13.7. The van der Waals surface area contributed by atoms with Crippen molar-refractivity contribution in [3.05, 3.63) is 47.2 Å². The molecule has 0 aliphatic rings. The number of anilines is 2. The summed E-state index contributed by atoms with van der Waals surface area (Å²) in [5.74, 6) is 0.767. The van der Waals surface area contributed by atoms with Gasteiger partial charge in [-0.3, -0.25) is 0 Å². The Morgan fingerprint density at radius 2 is 1.79 bits per heavy atom. The largest absolute Gasteiger partial charge is 0.383 e. The zero-order valence-corrected chi connectivity index (χ0v) is 11.3. The lowest BCUT2D eigenvalue weighted by Crippen LogP contribution is -2.10. The average Bonchev–Trinajstić information content (AvgIpc) is 2.41. The molecule has 0 radical (unpaired) electrons. The minimum absolute atomic E-state index is 0.264. The predicted octanol–water partition coefficient (Wildman–Crippen LogP) is 2.57. The van der Waals surface area contributed by atoms with Gasteiger partial charge < -0.3 is 11.5 Å². The van der Waals surface area contributed by atoms with Crippen LogP contribution in [0.3, 0.4) is 0 Å². The Morgan fingerprint density at radius 3 is 2.47 bits per heavy atom. The quantitative estimate of drug-likeness (QED) is 0.861. The third-order valence-electron chi connectivity index (χ3n) is 3.13. The van der Waals surface area contributed by atoms with Gasteiger partial charge in [-0.05, 0) is 18.4 Å². The van der Waals surface area contributed by atoms with Crippen molar-refractivity contribution in [2.75, 3.05) is 11.5 Å². The lowest BCUT2D eigenvalue weighted by Gasteiger charge is -2.11. The molecular formula is C15H20N4. The molecule has 1 aromatic carbocycles. The number of nitrogen functional groups attached to an aromatic ring is 2. The third kappa shape index (κ3) is 3.44. The summed E-state index contributed by atoms with van der Waals surface area (Å²) in [4.78, 5) is 8.44. The second-order valence-electron chi connectivity index (χ2n) is 4.66. The van der Waals surface area contributed by atoms with Gasteiger partial charge in [-0.25, -0.2) is 4.98 Å². The second kappa shape index (κ2) is 6.18. The summed E-state index contributed by atoms with van der Waals surface area (Å²) in [7, 11) is 0. The number of aryl methyl sites for hydroxylation is 1. The van der Waals surface area contributed by atoms with Crippen LogP contribution in [0.5, 0.6) is 0 Å². The summed E-state index contributed by atoms with van der Waals surface area (Å²) in [5.41, 5.74) is 14.9. The molecule has 100 valence electrons. The molecule has 0 fully saturated rings. The molecule has 0 unspecified atom stereocenters. The first-order valence-electron chi connectivity index (χ1n) is 6.65. The summed E-state index contributed by atoms with van der Waals surface area (Å²) in [5, 5.41) is 0. The number of aromatic nitrogens is 2. The van der Waals surface area contributed by atoms with Crippen LogP contribution < -0.4 is 11.5 Å². The van der Waals surface area contributed by atoms with E-state index in [4.69, 9.17) is 11.5 Å². The molecule has 0 spiro atoms. The van der Waals surface area contributed by atoms with Gasteiger partial charge >= 0.3 is 0 Å². The van der Waals surface area contributed by atoms with Crippen molar-refractivity contribution in [1.82, 2.24) is 9.97 Å². The number of hydrogen-bond donors (Lipinski definition) is 2. The van der Waals surface area contributed by atoms with E-state index in [1.165, 1.54) is 5.56 Å². The van der Waals surface area contributed by atoms with Crippen molar-refractivity contribution in [2.45, 2.75) is 32.6 Å². The van der Waals surface area contributed by atoms with E-state index in [0.29, 0.717) is 5.82 Å². The summed E-state index contributed by atoms with van der Waals surface area (Å²) < 4.78 is 0. The van der Waals surface area contributed by atoms with E-state index in [9.17, 15) is 0 Å². The molecule has 4 heteroatoms. The SMILES string of the molecule is CCCCc1nc(N)nc(N)c1Cc1ccccc1. The molecule has 0 atom stereocenters. The first-order chi connectivity index (χ1) is 9.20. The maximum absolute atomic E-state index is 6.01. The van der Waals surface area contributed by atoms with E-state index in [-0.39, 0.29) is 5.95 Å². The molecule has 2 aromatic rings. The van der Waals surface area contributed by atoms with Crippen LogP contribution in [0.1, 0.15) is 36.6 Å². The molecule has 0 amide bonds. The van der Waals surface area contributed by atoms with Crippen molar-refractivity contribution in [2.24, 2.45) is 0 Å². The Bertz CT molecular complexity index is 537. The number of benzene rings is 1. The van der Waals surface area contributed by atoms with Crippen LogP contribution in [0.4, 0.5) is 11.8 Å². The molecule has 0 aliphatic heterocycles. The molecular weight excluding hydrogens is 236 g/mol. The Morgan fingerprint density at radius 1 is 1.05 bits per heavy atom. The van der Waals surface area contributed by atoms with Gasteiger partial charge in [0.2, 0.25) is 5.95 Å². The number of rotatable bonds is 5. The van der Waals surface area contributed by atoms with Gasteiger partial charge in [-0.1, -0.05) is 43.7 Å². The smallest absolute Gasteiger partial charge is 0.222 e. The zero-order valence-electron chi connectivity index (χ0n) is 11.3. The highest BCUT2D eigenvalue weighted by Crippen LogP contribution is 2.20. The second-order valence-corrected chi connectivity index (χ2v) is 4.66. The molecule has 0 aliphatic carbocycles. The fourth-order valence-electron chi connectivity index (χ4n) is 2.11. The average molecular weight is 256 g/mol. The molecule has 4 nitrogen and oxygen atoms in total. The van der Waals surface area contributed by atoms with Crippen LogP contribution in [0.2, 0.25) is 0 Å². The molecule has 0 bridgehead atoms. The number of nitrogens with zero attached hydrogens (tertiary/aromatic N) is 2. The standard InChI is InChI=1S/C15H20N4/c1-2-3-9-13-12(14(16)19-15(17)18-13)10-11-7-5-4-6-8-11/h4-8H,2-3,9-10H2,1H3,(H4,16,17,18,19). The van der Waals surface area contributed by atoms with E-state index < -0.39 is 0 Å². The van der Waals surface area contributed by atoms with Crippen LogP contribution in [0.15, 0.2) is 30.3 Å². The van der Waals surface area contributed by atoms with Crippen LogP contribution in [-0.2, 0) is 12.8 Å². The van der Waals surface area contributed by atoms with Gasteiger partial charge in [0.1, 0.15) is 5.82 Å². The Kier molecular flexibility index (Phi) is 4.34. The van der Waals surface area contributed by atoms with E-state index in [2.05, 4.69) is 29.0 Å². The van der Waals surface area contributed by atoms with Crippen molar-refractivity contribution >= 4 is 11.8 Å². The van der Waals surface area contributed by atoms with Crippen molar-refractivity contribution in [1.29, 1.82) is 0 Å². The van der Waals surface area contributed by atoms with E-state index in [1.54, 1.807) is 0 Å². The van der Waals surface area contributed by atoms with Crippen LogP contribution >= 0.6 is 0 Å². The summed E-state index contributed by atoms with van der Waals surface area (Å²) in [6.07, 6.45) is 3.86. The van der Waals surface area contributed by atoms with Crippen molar-refractivity contribution in [3.63, 3.8) is 0 Å². The fraction of sp³-hybridized carbons (Fsp3) is 0.333. The summed E-state index contributed by atoms with van der Waals surface area (Å²) in [6, 6.07) is 10.2. The lowest BCUT2D eigenvalue weighted by atomic mass is 10.0. The molecule has 0 saturated heterocycles. The highest BCUT2D eigenvalue weighted by Gasteiger charge is 2.11. The van der Waals surface area contributed by atoms with Gasteiger partial charge in [0.25, 0.3) is 0 Å². The minimum Gasteiger partial charge on any atom is -0.383 e. The minimum atomic E-state index is 0.264. The lowest BCUT2D eigenvalue weighted by molar-refractivity contribution is 0.766. The molecule has 1 heterocycles. The predicted molar refractivity (Wildman–Crippen MR) is 78.7 cm³/mol. The van der Waals surface area contributed by atoms with Crippen LogP contribution in [-0.4, -0.2) is 9.97 Å². The van der Waals surface area contributed by atoms with E-state index in [1.807, 2.05) is 18.2 Å². The van der Waals surface area contributed by atoms with E-state index in [0.717, 1.165) is 36.9 Å². The maximum atomic E-state index is 6.01. The number of hydrogen-bond acceptors (Lipinski definition) is 4. The molecule has 19 heavy (non-hydrogen) atoms. The van der Waals surface area contributed by atoms with E-state index >= 15 is 0 Å². The molecule has 2 rings (SSSR count). The Balaban J connectivity index is 2.32. The van der Waals surface area contributed by atoms with Gasteiger partial charge in [0.15, 0.2) is 0 Å². The first-order valence-corrected chi connectivity index (χ1v) is 6.65. The van der Waals surface area contributed by atoms with Crippen molar-refractivity contribution in [3.8, 4) is 0 Å². The highest BCUT2D eigenvalue weighted by molar-refractivity contribution is 5.48. The topological polar surface area (TPSA) is 77.8 Å². The van der Waals surface area contributed by atoms with Crippen molar-refractivity contribution < 1.29 is 0 Å². The van der Waals surface area contributed by atoms with Gasteiger partial charge in [0.05, 0.1) is 5.69 Å². The number of unbranched alkanes of at least 4 members (excludes halogenated alkanes) is 1. The van der Waals surface area contributed by atoms with Crippen LogP contribution in [0.25, 0.3) is 0 Å². The third-order valence-corrected chi connectivity index (χ3v) is 3.13. The molecule has 4 N–H and O–H groups in total. The summed E-state index contributed by atoms with van der Waals surface area (Å²) >= 11 is 0. The normalized spacial score (nSPS) is 10.6. The van der Waals surface area contributed by atoms with Gasteiger partial charge in [0, 0.05) is 12.0 Å². The monoisotopic (exact) mass is 256 g/mol. The number of nitrogens with two attached hydrogens (primary N) is 2. The molecule has 0 saturated carbocycles. The van der Waals surface area contributed by atoms with Gasteiger partial charge in [-0.2, -0.15) is 4.98 Å².